The summed E-state index contributed by atoms with van der Waals surface area (Å²) in [7, 11) is 0. The first kappa shape index (κ1) is 8.50. The van der Waals surface area contributed by atoms with E-state index in [1.165, 1.54) is 12.7 Å². The highest BCUT2D eigenvalue weighted by molar-refractivity contribution is 8.14. The minimum Gasteiger partial charge on any atom is -0.332 e. The summed E-state index contributed by atoms with van der Waals surface area (Å²) < 4.78 is 0. The van der Waals surface area contributed by atoms with Crippen LogP contribution in [0.1, 0.15) is 6.42 Å². The molecule has 1 aromatic rings. The first-order chi connectivity index (χ1) is 6.45. The van der Waals surface area contributed by atoms with E-state index < -0.39 is 0 Å². The molecule has 0 fully saturated rings. The van der Waals surface area contributed by atoms with Crippen molar-refractivity contribution in [2.24, 2.45) is 4.99 Å². The molecule has 0 saturated carbocycles. The van der Waals surface area contributed by atoms with E-state index in [1.54, 1.807) is 24.2 Å². The standard InChI is InChI=1S/C8H10N4S/c1-2-11-8(13-3-1)12-7-4-9-6-10-5-7/h4-6H,1-3H2,(H,11,12). The minimum atomic E-state index is 0.899. The Bertz CT molecular complexity index is 298. The van der Waals surface area contributed by atoms with Gasteiger partial charge in [0.2, 0.25) is 0 Å². The fourth-order valence-corrected chi connectivity index (χ4v) is 1.86. The Labute approximate surface area is 80.9 Å². The third-order valence-corrected chi connectivity index (χ3v) is 2.61. The molecule has 1 aromatic heterocycles. The number of amidine groups is 1. The van der Waals surface area contributed by atoms with E-state index in [1.807, 2.05) is 0 Å². The first-order valence-corrected chi connectivity index (χ1v) is 5.13. The van der Waals surface area contributed by atoms with Gasteiger partial charge in [0.15, 0.2) is 5.17 Å². The molecule has 0 spiro atoms. The second-order valence-electron chi connectivity index (χ2n) is 2.64. The van der Waals surface area contributed by atoms with E-state index in [4.69, 9.17) is 0 Å². The summed E-state index contributed by atoms with van der Waals surface area (Å²) in [5, 5.41) is 4.14. The average Bonchev–Trinajstić information content (AvgIpc) is 2.21. The van der Waals surface area contributed by atoms with Crippen LogP contribution in [0.4, 0.5) is 5.69 Å². The topological polar surface area (TPSA) is 50.2 Å². The number of aliphatic imine (C=N–C) groups is 1. The Kier molecular flexibility index (Phi) is 2.76. The van der Waals surface area contributed by atoms with Crippen molar-refractivity contribution in [1.29, 1.82) is 0 Å². The molecule has 1 aliphatic heterocycles. The Morgan fingerprint density at radius 1 is 1.31 bits per heavy atom. The highest BCUT2D eigenvalue weighted by Gasteiger charge is 2.05. The van der Waals surface area contributed by atoms with E-state index in [0.717, 1.165) is 23.2 Å². The molecule has 0 unspecified atom stereocenters. The zero-order valence-corrected chi connectivity index (χ0v) is 7.92. The van der Waals surface area contributed by atoms with Crippen LogP contribution in [0, 0.1) is 0 Å². The summed E-state index contributed by atoms with van der Waals surface area (Å²) in [5.41, 5.74) is 0.899. The van der Waals surface area contributed by atoms with E-state index >= 15 is 0 Å². The number of nitrogens with one attached hydrogen (secondary N) is 1. The van der Waals surface area contributed by atoms with Gasteiger partial charge in [-0.3, -0.25) is 4.99 Å². The molecule has 1 N–H and O–H groups in total. The van der Waals surface area contributed by atoms with Gasteiger partial charge in [-0.05, 0) is 6.42 Å². The maximum atomic E-state index is 4.34. The lowest BCUT2D eigenvalue weighted by Gasteiger charge is -2.12. The van der Waals surface area contributed by atoms with Gasteiger partial charge < -0.3 is 5.32 Å². The highest BCUT2D eigenvalue weighted by Crippen LogP contribution is 2.14. The van der Waals surface area contributed by atoms with Crippen LogP contribution in [-0.4, -0.2) is 27.4 Å². The normalized spacial score (nSPS) is 16.5. The van der Waals surface area contributed by atoms with Crippen molar-refractivity contribution < 1.29 is 0 Å². The van der Waals surface area contributed by atoms with Crippen LogP contribution in [0.2, 0.25) is 0 Å². The number of anilines is 1. The molecule has 0 radical (unpaired) electrons. The van der Waals surface area contributed by atoms with Crippen LogP contribution < -0.4 is 5.32 Å². The zero-order valence-electron chi connectivity index (χ0n) is 7.10. The predicted octanol–water partition coefficient (Wildman–Crippen LogP) is 1.38. The van der Waals surface area contributed by atoms with Gasteiger partial charge in [-0.2, -0.15) is 0 Å². The van der Waals surface area contributed by atoms with Gasteiger partial charge in [0.1, 0.15) is 6.33 Å². The average molecular weight is 194 g/mol. The monoisotopic (exact) mass is 194 g/mol. The van der Waals surface area contributed by atoms with Crippen LogP contribution in [0.5, 0.6) is 0 Å². The number of nitrogens with zero attached hydrogens (tertiary/aromatic N) is 3. The summed E-state index contributed by atoms with van der Waals surface area (Å²) in [6.07, 6.45) is 6.16. The van der Waals surface area contributed by atoms with Gasteiger partial charge in [-0.15, -0.1) is 0 Å². The molecular formula is C8H10N4S. The Hall–Kier alpha value is -1.10. The third-order valence-electron chi connectivity index (χ3n) is 1.61. The van der Waals surface area contributed by atoms with Crippen LogP contribution in [0.25, 0.3) is 0 Å². The van der Waals surface area contributed by atoms with E-state index in [-0.39, 0.29) is 0 Å². The van der Waals surface area contributed by atoms with Crippen LogP contribution in [0.15, 0.2) is 23.7 Å². The molecule has 0 bridgehead atoms. The molecular weight excluding hydrogens is 184 g/mol. The first-order valence-electron chi connectivity index (χ1n) is 4.14. The molecule has 2 rings (SSSR count). The third kappa shape index (κ3) is 2.42. The molecule has 0 atom stereocenters. The fourth-order valence-electron chi connectivity index (χ4n) is 1.02. The van der Waals surface area contributed by atoms with Gasteiger partial charge in [-0.1, -0.05) is 11.8 Å². The van der Waals surface area contributed by atoms with Crippen molar-refractivity contribution in [1.82, 2.24) is 9.97 Å². The largest absolute Gasteiger partial charge is 0.332 e. The predicted molar refractivity (Wildman–Crippen MR) is 55.0 cm³/mol. The zero-order chi connectivity index (χ0) is 8.93. The molecule has 0 saturated heterocycles. The number of aromatic nitrogens is 2. The molecule has 1 aliphatic rings. The SMILES string of the molecule is c1ncc(NC2=NCCCS2)cn1. The van der Waals surface area contributed by atoms with Gasteiger partial charge in [0.25, 0.3) is 0 Å². The van der Waals surface area contributed by atoms with E-state index in [2.05, 4.69) is 20.3 Å². The molecule has 4 nitrogen and oxygen atoms in total. The Morgan fingerprint density at radius 3 is 2.85 bits per heavy atom. The fraction of sp³-hybridized carbons (Fsp3) is 0.375. The van der Waals surface area contributed by atoms with Crippen molar-refractivity contribution in [3.63, 3.8) is 0 Å². The maximum absolute atomic E-state index is 4.34. The van der Waals surface area contributed by atoms with Crippen molar-refractivity contribution in [2.75, 3.05) is 17.6 Å². The Balaban J connectivity index is 2.01. The lowest BCUT2D eigenvalue weighted by Crippen LogP contribution is -2.13. The number of rotatable bonds is 1. The van der Waals surface area contributed by atoms with Crippen LogP contribution in [-0.2, 0) is 0 Å². The molecule has 68 valence electrons. The van der Waals surface area contributed by atoms with Crippen LogP contribution in [0.3, 0.4) is 0 Å². The number of hydrogen-bond donors (Lipinski definition) is 1. The summed E-state index contributed by atoms with van der Waals surface area (Å²) in [4.78, 5) is 12.2. The van der Waals surface area contributed by atoms with Gasteiger partial charge in [0.05, 0.1) is 18.1 Å². The summed E-state index contributed by atoms with van der Waals surface area (Å²) in [6, 6.07) is 0. The molecule has 13 heavy (non-hydrogen) atoms. The minimum absolute atomic E-state index is 0.899. The molecule has 5 heteroatoms. The summed E-state index contributed by atoms with van der Waals surface area (Å²) in [6.45, 7) is 0.920. The van der Waals surface area contributed by atoms with Crippen molar-refractivity contribution in [2.45, 2.75) is 6.42 Å². The van der Waals surface area contributed by atoms with Gasteiger partial charge in [0, 0.05) is 12.3 Å². The van der Waals surface area contributed by atoms with Gasteiger partial charge in [-0.25, -0.2) is 9.97 Å². The smallest absolute Gasteiger partial charge is 0.161 e. The number of hydrogen-bond acceptors (Lipinski definition) is 5. The van der Waals surface area contributed by atoms with Gasteiger partial charge >= 0.3 is 0 Å². The van der Waals surface area contributed by atoms with Crippen molar-refractivity contribution in [3.05, 3.63) is 18.7 Å². The quantitative estimate of drug-likeness (QED) is 0.733. The second kappa shape index (κ2) is 4.23. The lowest BCUT2D eigenvalue weighted by atomic mass is 10.5. The van der Waals surface area contributed by atoms with E-state index in [9.17, 15) is 0 Å². The molecule has 0 amide bonds. The number of thioether (sulfide) groups is 1. The summed E-state index contributed by atoms with van der Waals surface area (Å²) >= 11 is 1.74. The van der Waals surface area contributed by atoms with Crippen molar-refractivity contribution >= 4 is 22.6 Å². The maximum Gasteiger partial charge on any atom is 0.161 e. The van der Waals surface area contributed by atoms with Crippen molar-refractivity contribution in [3.8, 4) is 0 Å². The molecule has 0 aliphatic carbocycles. The second-order valence-corrected chi connectivity index (χ2v) is 3.72. The summed E-state index contributed by atoms with van der Waals surface area (Å²) in [5.74, 6) is 1.14. The van der Waals surface area contributed by atoms with Crippen LogP contribution >= 0.6 is 11.8 Å². The molecule has 2 heterocycles. The highest BCUT2D eigenvalue weighted by atomic mass is 32.2. The Morgan fingerprint density at radius 2 is 2.15 bits per heavy atom. The van der Waals surface area contributed by atoms with E-state index in [0.29, 0.717) is 0 Å². The molecule has 0 aromatic carbocycles. The lowest BCUT2D eigenvalue weighted by molar-refractivity contribution is 0.938.